The summed E-state index contributed by atoms with van der Waals surface area (Å²) in [6.07, 6.45) is 6.52. The zero-order chi connectivity index (χ0) is 25.9. The molecule has 2 saturated heterocycles. The van der Waals surface area contributed by atoms with Crippen LogP contribution in [0.3, 0.4) is 0 Å². The van der Waals surface area contributed by atoms with Gasteiger partial charge in [0.25, 0.3) is 0 Å². The van der Waals surface area contributed by atoms with Gasteiger partial charge in [-0.1, -0.05) is 25.1 Å². The van der Waals surface area contributed by atoms with E-state index in [1.165, 1.54) is 4.90 Å². The fourth-order valence-electron chi connectivity index (χ4n) is 6.17. The number of fused-ring (bicyclic) bond motifs is 3. The molecule has 37 heavy (non-hydrogen) atoms. The molecule has 2 fully saturated rings. The Balaban J connectivity index is 1.41. The molecule has 7 heteroatoms. The van der Waals surface area contributed by atoms with Crippen LogP contribution in [0.15, 0.2) is 59.8 Å². The number of pyridine rings is 1. The number of imide groups is 1. The molecule has 0 radical (unpaired) electrons. The molecular formula is C30H34N2O5. The van der Waals surface area contributed by atoms with Crippen LogP contribution in [0.5, 0.6) is 5.75 Å². The van der Waals surface area contributed by atoms with E-state index < -0.39 is 0 Å². The first-order valence-electron chi connectivity index (χ1n) is 13.1. The van der Waals surface area contributed by atoms with Crippen molar-refractivity contribution in [2.45, 2.75) is 38.7 Å². The Kier molecular flexibility index (Phi) is 7.53. The maximum atomic E-state index is 13.3. The molecule has 0 bridgehead atoms. The van der Waals surface area contributed by atoms with Crippen LogP contribution in [0.25, 0.3) is 11.6 Å². The van der Waals surface area contributed by atoms with E-state index >= 15 is 0 Å². The van der Waals surface area contributed by atoms with E-state index in [0.717, 1.165) is 47.2 Å². The third-order valence-corrected chi connectivity index (χ3v) is 7.77. The summed E-state index contributed by atoms with van der Waals surface area (Å²) >= 11 is 0. The summed E-state index contributed by atoms with van der Waals surface area (Å²) in [6.45, 7) is 3.36. The lowest BCUT2D eigenvalue weighted by molar-refractivity contribution is -0.140. The van der Waals surface area contributed by atoms with Crippen molar-refractivity contribution in [3.05, 3.63) is 71.1 Å². The molecule has 3 aliphatic rings. The molecule has 7 nitrogen and oxygen atoms in total. The Morgan fingerprint density at radius 1 is 1.16 bits per heavy atom. The molecule has 2 aliphatic heterocycles. The zero-order valence-corrected chi connectivity index (χ0v) is 21.4. The maximum Gasteiger partial charge on any atom is 0.233 e. The minimum atomic E-state index is -0.331. The molecule has 194 valence electrons. The number of hydrogen-bond donors (Lipinski definition) is 1. The summed E-state index contributed by atoms with van der Waals surface area (Å²) in [7, 11) is 1.67. The molecular weight excluding hydrogens is 468 g/mol. The lowest BCUT2D eigenvalue weighted by atomic mass is 9.69. The third kappa shape index (κ3) is 4.98. The van der Waals surface area contributed by atoms with Gasteiger partial charge >= 0.3 is 0 Å². The maximum absolute atomic E-state index is 13.3. The van der Waals surface area contributed by atoms with Crippen LogP contribution < -0.4 is 0 Å². The monoisotopic (exact) mass is 502 g/mol. The van der Waals surface area contributed by atoms with Gasteiger partial charge in [-0.2, -0.15) is 0 Å². The largest absolute Gasteiger partial charge is 0.508 e. The molecule has 3 heterocycles. The van der Waals surface area contributed by atoms with Crippen LogP contribution in [0.4, 0.5) is 0 Å². The Morgan fingerprint density at radius 2 is 1.97 bits per heavy atom. The standard InChI is InChI=1S/C30H34N2O5/c1-3-14-32-29(34)23-16-21(17-36-2)27-24(28(23)30(32)35)18-37-26(27)12-9-20(25-6-4-5-13-31-25)15-19-7-10-22(33)11-8-19/h4-8,10-11,13,15,23-24,26,28,33H,3,9,12,14,16-18H2,1-2H3/b20-15-/t23-,24+,26-,28-/m1/s1. The number of likely N-dealkylation sites (tertiary alicyclic amines) is 1. The number of phenols is 1. The SMILES string of the molecule is CCCN1C(=O)[C@@H]2[C@@H](CC(COC)=C3[C@@H](CC/C(=C/c4ccc(O)cc4)c4ccccn4)OC[C@@H]32)C1=O. The van der Waals surface area contributed by atoms with Crippen molar-refractivity contribution in [2.24, 2.45) is 17.8 Å². The summed E-state index contributed by atoms with van der Waals surface area (Å²) in [5.74, 6) is -0.566. The van der Waals surface area contributed by atoms with Crippen molar-refractivity contribution in [2.75, 3.05) is 26.9 Å². The second kappa shape index (κ2) is 11.0. The van der Waals surface area contributed by atoms with E-state index in [1.807, 2.05) is 37.3 Å². The number of phenolic OH excluding ortho intramolecular Hbond substituents is 1. The highest BCUT2D eigenvalue weighted by molar-refractivity contribution is 6.06. The average molecular weight is 503 g/mol. The second-order valence-corrected chi connectivity index (χ2v) is 10.1. The number of benzene rings is 1. The van der Waals surface area contributed by atoms with Crippen molar-refractivity contribution < 1.29 is 24.2 Å². The predicted molar refractivity (Wildman–Crippen MR) is 140 cm³/mol. The van der Waals surface area contributed by atoms with Gasteiger partial charge in [-0.05, 0) is 78.3 Å². The lowest BCUT2D eigenvalue weighted by Gasteiger charge is -2.31. The normalized spacial score (nSPS) is 25.6. The van der Waals surface area contributed by atoms with Gasteiger partial charge in [-0.3, -0.25) is 19.5 Å². The van der Waals surface area contributed by atoms with Crippen molar-refractivity contribution >= 4 is 23.5 Å². The van der Waals surface area contributed by atoms with Crippen molar-refractivity contribution in [1.82, 2.24) is 9.88 Å². The number of ether oxygens (including phenoxy) is 2. The van der Waals surface area contributed by atoms with Gasteiger partial charge in [0.1, 0.15) is 5.75 Å². The van der Waals surface area contributed by atoms with E-state index in [2.05, 4.69) is 11.1 Å². The van der Waals surface area contributed by atoms with Crippen molar-refractivity contribution in [3.8, 4) is 5.75 Å². The highest BCUT2D eigenvalue weighted by Crippen LogP contribution is 2.50. The van der Waals surface area contributed by atoms with E-state index in [1.54, 1.807) is 25.4 Å². The quantitative estimate of drug-likeness (QED) is 0.402. The van der Waals surface area contributed by atoms with Gasteiger partial charge in [0.05, 0.1) is 36.8 Å². The summed E-state index contributed by atoms with van der Waals surface area (Å²) in [5.41, 5.74) is 5.22. The van der Waals surface area contributed by atoms with Crippen LogP contribution in [-0.2, 0) is 19.1 Å². The number of allylic oxidation sites excluding steroid dienone is 1. The van der Waals surface area contributed by atoms with Gasteiger partial charge in [-0.25, -0.2) is 0 Å². The van der Waals surface area contributed by atoms with Crippen LogP contribution in [0, 0.1) is 17.8 Å². The fraction of sp³-hybridized carbons (Fsp3) is 0.433. The van der Waals surface area contributed by atoms with Crippen molar-refractivity contribution in [3.63, 3.8) is 0 Å². The van der Waals surface area contributed by atoms with E-state index in [9.17, 15) is 14.7 Å². The first kappa shape index (κ1) is 25.4. The van der Waals surface area contributed by atoms with Crippen LogP contribution in [0.1, 0.15) is 43.9 Å². The van der Waals surface area contributed by atoms with Gasteiger partial charge < -0.3 is 14.6 Å². The molecule has 0 spiro atoms. The molecule has 1 N–H and O–H groups in total. The topological polar surface area (TPSA) is 89.0 Å². The molecule has 1 aliphatic carbocycles. The molecule has 0 unspecified atom stereocenters. The Labute approximate surface area is 217 Å². The lowest BCUT2D eigenvalue weighted by Crippen LogP contribution is -2.35. The Bertz CT molecular complexity index is 1200. The van der Waals surface area contributed by atoms with Crippen LogP contribution in [0.2, 0.25) is 0 Å². The number of carbonyl (C=O) groups is 2. The van der Waals surface area contributed by atoms with E-state index in [-0.39, 0.29) is 41.4 Å². The molecule has 2 aromatic rings. The van der Waals surface area contributed by atoms with E-state index in [4.69, 9.17) is 9.47 Å². The molecule has 4 atom stereocenters. The number of methoxy groups -OCH3 is 1. The van der Waals surface area contributed by atoms with Gasteiger partial charge in [-0.15, -0.1) is 0 Å². The van der Waals surface area contributed by atoms with Gasteiger partial charge in [0, 0.05) is 25.8 Å². The molecule has 0 saturated carbocycles. The average Bonchev–Trinajstić information content (AvgIpc) is 3.43. The number of rotatable bonds is 9. The summed E-state index contributed by atoms with van der Waals surface area (Å²) in [6, 6.07) is 13.0. The number of carbonyl (C=O) groups excluding carboxylic acids is 2. The smallest absolute Gasteiger partial charge is 0.233 e. The van der Waals surface area contributed by atoms with E-state index in [0.29, 0.717) is 26.2 Å². The first-order valence-corrected chi connectivity index (χ1v) is 13.1. The van der Waals surface area contributed by atoms with Gasteiger partial charge in [0.15, 0.2) is 0 Å². The Morgan fingerprint density at radius 3 is 2.68 bits per heavy atom. The van der Waals surface area contributed by atoms with Gasteiger partial charge in [0.2, 0.25) is 11.8 Å². The molecule has 1 aromatic heterocycles. The Hall–Kier alpha value is -3.29. The number of hydrogen-bond acceptors (Lipinski definition) is 6. The third-order valence-electron chi connectivity index (χ3n) is 7.77. The fourth-order valence-corrected chi connectivity index (χ4v) is 6.17. The highest BCUT2D eigenvalue weighted by Gasteiger charge is 2.56. The number of aromatic hydroxyl groups is 1. The van der Waals surface area contributed by atoms with Crippen LogP contribution >= 0.6 is 0 Å². The van der Waals surface area contributed by atoms with Crippen LogP contribution in [-0.4, -0.2) is 59.8 Å². The molecule has 2 amide bonds. The summed E-state index contributed by atoms with van der Waals surface area (Å²) in [5, 5.41) is 9.67. The number of aromatic nitrogens is 1. The van der Waals surface area contributed by atoms with Crippen molar-refractivity contribution in [1.29, 1.82) is 0 Å². The second-order valence-electron chi connectivity index (χ2n) is 10.1. The minimum Gasteiger partial charge on any atom is -0.508 e. The summed E-state index contributed by atoms with van der Waals surface area (Å²) < 4.78 is 11.9. The first-order chi connectivity index (χ1) is 18.0. The highest BCUT2D eigenvalue weighted by atomic mass is 16.5. The predicted octanol–water partition coefficient (Wildman–Crippen LogP) is 4.48. The zero-order valence-electron chi connectivity index (χ0n) is 21.4. The molecule has 1 aromatic carbocycles. The summed E-state index contributed by atoms with van der Waals surface area (Å²) in [4.78, 5) is 32.4. The number of amides is 2. The minimum absolute atomic E-state index is 0.0396. The molecule has 5 rings (SSSR count). The number of nitrogens with zero attached hydrogens (tertiary/aromatic N) is 2.